The fourth-order valence-electron chi connectivity index (χ4n) is 1.05. The third-order valence-corrected chi connectivity index (χ3v) is 3.18. The van der Waals surface area contributed by atoms with Gasteiger partial charge in [-0.15, -0.1) is 12.4 Å². The van der Waals surface area contributed by atoms with Crippen LogP contribution in [-0.2, 0) is 0 Å². The van der Waals surface area contributed by atoms with Gasteiger partial charge in [0.05, 0.1) is 11.1 Å². The van der Waals surface area contributed by atoms with Crippen molar-refractivity contribution in [2.45, 2.75) is 12.0 Å². The number of aliphatic hydroxyl groups excluding tert-OH is 1. The van der Waals surface area contributed by atoms with Gasteiger partial charge in [-0.1, -0.05) is 17.7 Å². The molecular weight excluding hydrogens is 327 g/mol. The standard InChI is InChI=1S/C9H9BrClF2NO.ClH/c10-6-3-5(1-2-7(6)11)8(14)9(12,13)4-15;/h1-3,8,15H,4,14H2;1H/t8-;/m0./s1. The van der Waals surface area contributed by atoms with Crippen molar-refractivity contribution in [1.82, 2.24) is 0 Å². The summed E-state index contributed by atoms with van der Waals surface area (Å²) >= 11 is 8.82. The van der Waals surface area contributed by atoms with Crippen molar-refractivity contribution in [2.75, 3.05) is 6.61 Å². The number of halogens is 5. The second-order valence-electron chi connectivity index (χ2n) is 3.07. The molecule has 2 nitrogen and oxygen atoms in total. The first-order valence-corrected chi connectivity index (χ1v) is 5.25. The highest BCUT2D eigenvalue weighted by molar-refractivity contribution is 9.10. The van der Waals surface area contributed by atoms with Gasteiger partial charge in [0.15, 0.2) is 0 Å². The Balaban J connectivity index is 0.00000225. The first-order valence-electron chi connectivity index (χ1n) is 4.07. The molecule has 92 valence electrons. The summed E-state index contributed by atoms with van der Waals surface area (Å²) in [5.74, 6) is -3.34. The molecule has 0 aliphatic rings. The molecule has 16 heavy (non-hydrogen) atoms. The average Bonchev–Trinajstić information content (AvgIpc) is 2.21. The fourth-order valence-corrected chi connectivity index (χ4v) is 1.56. The SMILES string of the molecule is Cl.N[C@@H](c1ccc(Cl)c(Br)c1)C(F)(F)CO. The zero-order valence-corrected chi connectivity index (χ0v) is 11.1. The molecule has 0 spiro atoms. The summed E-state index contributed by atoms with van der Waals surface area (Å²) in [6.07, 6.45) is 0. The molecule has 7 heteroatoms. The third kappa shape index (κ3) is 3.53. The van der Waals surface area contributed by atoms with Crippen LogP contribution in [0.1, 0.15) is 11.6 Å². The van der Waals surface area contributed by atoms with E-state index in [0.717, 1.165) is 0 Å². The van der Waals surface area contributed by atoms with Crippen LogP contribution >= 0.6 is 39.9 Å². The van der Waals surface area contributed by atoms with E-state index in [4.69, 9.17) is 22.4 Å². The van der Waals surface area contributed by atoms with Gasteiger partial charge >= 0.3 is 0 Å². The minimum atomic E-state index is -3.34. The van der Waals surface area contributed by atoms with Crippen molar-refractivity contribution >= 4 is 39.9 Å². The lowest BCUT2D eigenvalue weighted by atomic mass is 10.0. The smallest absolute Gasteiger partial charge is 0.289 e. The van der Waals surface area contributed by atoms with Crippen LogP contribution < -0.4 is 5.73 Å². The van der Waals surface area contributed by atoms with Gasteiger partial charge in [0, 0.05) is 4.47 Å². The summed E-state index contributed by atoms with van der Waals surface area (Å²) in [6.45, 7) is -1.28. The van der Waals surface area contributed by atoms with Crippen LogP contribution in [0.4, 0.5) is 8.78 Å². The Bertz CT molecular complexity index is 365. The van der Waals surface area contributed by atoms with Crippen molar-refractivity contribution in [2.24, 2.45) is 5.73 Å². The van der Waals surface area contributed by atoms with Crippen molar-refractivity contribution in [3.63, 3.8) is 0 Å². The zero-order chi connectivity index (χ0) is 11.6. The van der Waals surface area contributed by atoms with E-state index in [9.17, 15) is 8.78 Å². The highest BCUT2D eigenvalue weighted by Gasteiger charge is 2.37. The Morgan fingerprint density at radius 2 is 2.06 bits per heavy atom. The number of alkyl halides is 2. The van der Waals surface area contributed by atoms with E-state index in [1.54, 1.807) is 0 Å². The molecule has 3 N–H and O–H groups in total. The molecule has 1 rings (SSSR count). The molecule has 1 aromatic rings. The van der Waals surface area contributed by atoms with Crippen LogP contribution in [0.2, 0.25) is 5.02 Å². The van der Waals surface area contributed by atoms with Crippen LogP contribution in [0.3, 0.4) is 0 Å². The molecule has 0 heterocycles. The van der Waals surface area contributed by atoms with Gasteiger partial charge in [0.2, 0.25) is 0 Å². The van der Waals surface area contributed by atoms with Crippen LogP contribution in [0.25, 0.3) is 0 Å². The van der Waals surface area contributed by atoms with E-state index in [-0.39, 0.29) is 18.0 Å². The molecule has 0 fully saturated rings. The largest absolute Gasteiger partial charge is 0.390 e. The average molecular weight is 337 g/mol. The predicted molar refractivity (Wildman–Crippen MR) is 65.4 cm³/mol. The van der Waals surface area contributed by atoms with Gasteiger partial charge in [0.1, 0.15) is 6.61 Å². The monoisotopic (exact) mass is 335 g/mol. The molecule has 0 amide bonds. The summed E-state index contributed by atoms with van der Waals surface area (Å²) in [7, 11) is 0. The minimum Gasteiger partial charge on any atom is -0.390 e. The van der Waals surface area contributed by atoms with E-state index in [1.165, 1.54) is 18.2 Å². The molecule has 0 saturated heterocycles. The second-order valence-corrected chi connectivity index (χ2v) is 4.33. The summed E-state index contributed by atoms with van der Waals surface area (Å²) in [6, 6.07) is 2.74. The van der Waals surface area contributed by atoms with Gasteiger partial charge in [-0.3, -0.25) is 0 Å². The Morgan fingerprint density at radius 3 is 2.50 bits per heavy atom. The van der Waals surface area contributed by atoms with Gasteiger partial charge < -0.3 is 10.8 Å². The van der Waals surface area contributed by atoms with Crippen LogP contribution in [0, 0.1) is 0 Å². The molecular formula is C9H10BrCl2F2NO. The number of hydrogen-bond acceptors (Lipinski definition) is 2. The molecule has 1 aromatic carbocycles. The zero-order valence-electron chi connectivity index (χ0n) is 7.96. The number of aliphatic hydroxyl groups is 1. The highest BCUT2D eigenvalue weighted by Crippen LogP contribution is 2.32. The molecule has 0 radical (unpaired) electrons. The molecule has 1 atom stereocenters. The highest BCUT2D eigenvalue weighted by atomic mass is 79.9. The van der Waals surface area contributed by atoms with E-state index in [2.05, 4.69) is 15.9 Å². The minimum absolute atomic E-state index is 0. The summed E-state index contributed by atoms with van der Waals surface area (Å²) in [5, 5.41) is 8.90. The quantitative estimate of drug-likeness (QED) is 0.890. The van der Waals surface area contributed by atoms with Crippen molar-refractivity contribution in [1.29, 1.82) is 0 Å². The normalized spacial score (nSPS) is 13.1. The second kappa shape index (κ2) is 6.12. The van der Waals surface area contributed by atoms with Crippen molar-refractivity contribution < 1.29 is 13.9 Å². The van der Waals surface area contributed by atoms with E-state index < -0.39 is 18.6 Å². The Hall–Kier alpha value is 0.0600. The Labute approximate surface area is 111 Å². The first-order chi connectivity index (χ1) is 6.88. The number of rotatable bonds is 3. The predicted octanol–water partition coefficient (Wildman–Crippen LogP) is 3.15. The molecule has 0 unspecified atom stereocenters. The molecule has 0 bridgehead atoms. The van der Waals surface area contributed by atoms with Crippen LogP contribution in [-0.4, -0.2) is 17.6 Å². The van der Waals surface area contributed by atoms with Crippen LogP contribution in [0.5, 0.6) is 0 Å². The Morgan fingerprint density at radius 1 is 1.50 bits per heavy atom. The lowest BCUT2D eigenvalue weighted by Gasteiger charge is -2.21. The molecule has 0 aromatic heterocycles. The first kappa shape index (κ1) is 16.1. The Kier molecular flexibility index (Phi) is 6.14. The summed E-state index contributed by atoms with van der Waals surface area (Å²) in [5.41, 5.74) is 5.54. The number of benzene rings is 1. The maximum atomic E-state index is 13.0. The third-order valence-electron chi connectivity index (χ3n) is 1.97. The number of nitrogens with two attached hydrogens (primary N) is 1. The van der Waals surface area contributed by atoms with Crippen molar-refractivity contribution in [3.8, 4) is 0 Å². The van der Waals surface area contributed by atoms with Gasteiger partial charge in [-0.05, 0) is 33.6 Å². The van der Waals surface area contributed by atoms with Gasteiger partial charge in [-0.25, -0.2) is 8.78 Å². The van der Waals surface area contributed by atoms with Gasteiger partial charge in [-0.2, -0.15) is 0 Å². The van der Waals surface area contributed by atoms with Gasteiger partial charge in [0.25, 0.3) is 5.92 Å². The van der Waals surface area contributed by atoms with E-state index in [1.807, 2.05) is 0 Å². The molecule has 0 aliphatic carbocycles. The topological polar surface area (TPSA) is 46.2 Å². The van der Waals surface area contributed by atoms with E-state index >= 15 is 0 Å². The van der Waals surface area contributed by atoms with Crippen molar-refractivity contribution in [3.05, 3.63) is 33.3 Å². The maximum Gasteiger partial charge on any atom is 0.289 e. The lowest BCUT2D eigenvalue weighted by molar-refractivity contribution is -0.0711. The molecule has 0 saturated carbocycles. The number of hydrogen-bond donors (Lipinski definition) is 2. The lowest BCUT2D eigenvalue weighted by Crippen LogP contribution is -2.36. The summed E-state index contributed by atoms with van der Waals surface area (Å²) in [4.78, 5) is 0. The molecule has 0 aliphatic heterocycles. The maximum absolute atomic E-state index is 13.0. The summed E-state index contributed by atoms with van der Waals surface area (Å²) < 4.78 is 26.6. The van der Waals surface area contributed by atoms with Crippen LogP contribution in [0.15, 0.2) is 22.7 Å². The van der Waals surface area contributed by atoms with E-state index in [0.29, 0.717) is 9.50 Å². The fraction of sp³-hybridized carbons (Fsp3) is 0.333.